The summed E-state index contributed by atoms with van der Waals surface area (Å²) >= 11 is 0. The summed E-state index contributed by atoms with van der Waals surface area (Å²) in [6.07, 6.45) is 0.789. The van der Waals surface area contributed by atoms with E-state index in [0.717, 1.165) is 38.0 Å². The molecule has 16 heavy (non-hydrogen) atoms. The van der Waals surface area contributed by atoms with Crippen LogP contribution in [0.5, 0.6) is 0 Å². The molecule has 0 amide bonds. The van der Waals surface area contributed by atoms with E-state index in [2.05, 4.69) is 10.2 Å². The van der Waals surface area contributed by atoms with Crippen molar-refractivity contribution in [2.75, 3.05) is 26.2 Å². The van der Waals surface area contributed by atoms with Crippen molar-refractivity contribution in [3.63, 3.8) is 0 Å². The SMILES string of the molecule is O=Cc1ccc(F)cc1CN1CCNCC1. The Morgan fingerprint density at radius 2 is 2.12 bits per heavy atom. The van der Waals surface area contributed by atoms with Crippen molar-refractivity contribution in [3.05, 3.63) is 35.1 Å². The van der Waals surface area contributed by atoms with E-state index in [-0.39, 0.29) is 5.82 Å². The second-order valence-electron chi connectivity index (χ2n) is 3.99. The van der Waals surface area contributed by atoms with Gasteiger partial charge in [-0.15, -0.1) is 0 Å². The molecule has 0 aromatic heterocycles. The molecule has 1 fully saturated rings. The Balaban J connectivity index is 2.12. The zero-order valence-corrected chi connectivity index (χ0v) is 9.08. The monoisotopic (exact) mass is 222 g/mol. The van der Waals surface area contributed by atoms with Crippen molar-refractivity contribution >= 4 is 6.29 Å². The van der Waals surface area contributed by atoms with Crippen LogP contribution in [-0.2, 0) is 6.54 Å². The number of halogens is 1. The Hall–Kier alpha value is -1.26. The van der Waals surface area contributed by atoms with E-state index >= 15 is 0 Å². The Morgan fingerprint density at radius 3 is 2.81 bits per heavy atom. The number of nitrogens with one attached hydrogen (secondary N) is 1. The highest BCUT2D eigenvalue weighted by atomic mass is 19.1. The molecule has 0 unspecified atom stereocenters. The maximum atomic E-state index is 13.1. The van der Waals surface area contributed by atoms with Gasteiger partial charge in [-0.05, 0) is 23.8 Å². The van der Waals surface area contributed by atoms with Crippen LogP contribution in [0, 0.1) is 5.82 Å². The van der Waals surface area contributed by atoms with Gasteiger partial charge in [-0.2, -0.15) is 0 Å². The summed E-state index contributed by atoms with van der Waals surface area (Å²) < 4.78 is 13.1. The van der Waals surface area contributed by atoms with Crippen molar-refractivity contribution < 1.29 is 9.18 Å². The molecule has 0 saturated carbocycles. The molecular weight excluding hydrogens is 207 g/mol. The van der Waals surface area contributed by atoms with Gasteiger partial charge in [0.25, 0.3) is 0 Å². The van der Waals surface area contributed by atoms with Crippen LogP contribution in [0.4, 0.5) is 4.39 Å². The molecule has 1 N–H and O–H groups in total. The van der Waals surface area contributed by atoms with Crippen LogP contribution in [-0.4, -0.2) is 37.4 Å². The van der Waals surface area contributed by atoms with E-state index in [0.29, 0.717) is 12.1 Å². The summed E-state index contributed by atoms with van der Waals surface area (Å²) in [5.41, 5.74) is 1.36. The molecule has 0 atom stereocenters. The lowest BCUT2D eigenvalue weighted by Gasteiger charge is -2.27. The molecule has 4 heteroatoms. The summed E-state index contributed by atoms with van der Waals surface area (Å²) in [6.45, 7) is 4.43. The molecule has 2 rings (SSSR count). The van der Waals surface area contributed by atoms with Crippen molar-refractivity contribution in [3.8, 4) is 0 Å². The highest BCUT2D eigenvalue weighted by Crippen LogP contribution is 2.12. The van der Waals surface area contributed by atoms with Crippen LogP contribution in [0.15, 0.2) is 18.2 Å². The molecule has 0 radical (unpaired) electrons. The number of hydrogen-bond acceptors (Lipinski definition) is 3. The van der Waals surface area contributed by atoms with E-state index in [4.69, 9.17) is 0 Å². The van der Waals surface area contributed by atoms with Gasteiger partial charge in [-0.3, -0.25) is 9.69 Å². The molecule has 1 aliphatic rings. The lowest BCUT2D eigenvalue weighted by molar-refractivity contribution is 0.112. The third-order valence-electron chi connectivity index (χ3n) is 2.84. The van der Waals surface area contributed by atoms with Gasteiger partial charge in [-0.1, -0.05) is 0 Å². The number of hydrogen-bond donors (Lipinski definition) is 1. The molecule has 0 spiro atoms. The van der Waals surface area contributed by atoms with Crippen molar-refractivity contribution in [2.24, 2.45) is 0 Å². The van der Waals surface area contributed by atoms with Gasteiger partial charge in [0.05, 0.1) is 0 Å². The molecule has 86 valence electrons. The van der Waals surface area contributed by atoms with E-state index < -0.39 is 0 Å². The lowest BCUT2D eigenvalue weighted by atomic mass is 10.1. The van der Waals surface area contributed by atoms with Crippen LogP contribution >= 0.6 is 0 Å². The van der Waals surface area contributed by atoms with Crippen molar-refractivity contribution in [1.29, 1.82) is 0 Å². The summed E-state index contributed by atoms with van der Waals surface area (Å²) in [4.78, 5) is 13.0. The van der Waals surface area contributed by atoms with E-state index in [1.807, 2.05) is 0 Å². The average Bonchev–Trinajstić information content (AvgIpc) is 2.31. The summed E-state index contributed by atoms with van der Waals surface area (Å²) in [5, 5.41) is 3.26. The van der Waals surface area contributed by atoms with Gasteiger partial charge in [0.15, 0.2) is 0 Å². The topological polar surface area (TPSA) is 32.3 Å². The zero-order valence-electron chi connectivity index (χ0n) is 9.08. The van der Waals surface area contributed by atoms with E-state index in [1.54, 1.807) is 6.07 Å². The molecule has 1 aromatic carbocycles. The largest absolute Gasteiger partial charge is 0.314 e. The van der Waals surface area contributed by atoms with Crippen molar-refractivity contribution in [1.82, 2.24) is 10.2 Å². The van der Waals surface area contributed by atoms with E-state index in [1.165, 1.54) is 12.1 Å². The third kappa shape index (κ3) is 2.65. The van der Waals surface area contributed by atoms with Gasteiger partial charge in [0, 0.05) is 38.3 Å². The fraction of sp³-hybridized carbons (Fsp3) is 0.417. The minimum atomic E-state index is -0.282. The highest BCUT2D eigenvalue weighted by molar-refractivity contribution is 5.77. The van der Waals surface area contributed by atoms with Gasteiger partial charge in [0.1, 0.15) is 12.1 Å². The first-order chi connectivity index (χ1) is 7.79. The Kier molecular flexibility index (Phi) is 3.64. The first-order valence-corrected chi connectivity index (χ1v) is 5.46. The van der Waals surface area contributed by atoms with Crippen molar-refractivity contribution in [2.45, 2.75) is 6.54 Å². The zero-order chi connectivity index (χ0) is 11.4. The predicted octanol–water partition coefficient (Wildman–Crippen LogP) is 1.04. The molecule has 1 aliphatic heterocycles. The predicted molar refractivity (Wildman–Crippen MR) is 59.9 cm³/mol. The maximum Gasteiger partial charge on any atom is 0.150 e. The first kappa shape index (κ1) is 11.2. The average molecular weight is 222 g/mol. The van der Waals surface area contributed by atoms with Crippen LogP contribution in [0.2, 0.25) is 0 Å². The Labute approximate surface area is 94.3 Å². The fourth-order valence-corrected chi connectivity index (χ4v) is 1.94. The van der Waals surface area contributed by atoms with Crippen LogP contribution < -0.4 is 5.32 Å². The van der Waals surface area contributed by atoms with Gasteiger partial charge >= 0.3 is 0 Å². The number of piperazine rings is 1. The standard InChI is InChI=1S/C12H15FN2O/c13-12-2-1-10(9-16)11(7-12)8-15-5-3-14-4-6-15/h1-2,7,9,14H,3-6,8H2. The number of rotatable bonds is 3. The molecule has 3 nitrogen and oxygen atoms in total. The van der Waals surface area contributed by atoms with Crippen LogP contribution in [0.1, 0.15) is 15.9 Å². The minimum absolute atomic E-state index is 0.282. The molecule has 0 aliphatic carbocycles. The van der Waals surface area contributed by atoms with Crippen LogP contribution in [0.3, 0.4) is 0 Å². The normalized spacial score (nSPS) is 17.3. The molecule has 0 bridgehead atoms. The summed E-state index contributed by atoms with van der Waals surface area (Å²) in [5.74, 6) is -0.282. The Bertz CT molecular complexity index is 375. The third-order valence-corrected chi connectivity index (χ3v) is 2.84. The smallest absolute Gasteiger partial charge is 0.150 e. The minimum Gasteiger partial charge on any atom is -0.314 e. The quantitative estimate of drug-likeness (QED) is 0.776. The Morgan fingerprint density at radius 1 is 1.38 bits per heavy atom. The number of aldehydes is 1. The number of carbonyl (C=O) groups is 1. The molecule has 1 heterocycles. The molecule has 1 aromatic rings. The van der Waals surface area contributed by atoms with Crippen LogP contribution in [0.25, 0.3) is 0 Å². The molecular formula is C12H15FN2O. The summed E-state index contributed by atoms with van der Waals surface area (Å²) in [7, 11) is 0. The number of nitrogens with zero attached hydrogens (tertiary/aromatic N) is 1. The highest BCUT2D eigenvalue weighted by Gasteiger charge is 2.12. The second kappa shape index (κ2) is 5.18. The summed E-state index contributed by atoms with van der Waals surface area (Å²) in [6, 6.07) is 4.32. The molecule has 1 saturated heterocycles. The van der Waals surface area contributed by atoms with E-state index in [9.17, 15) is 9.18 Å². The number of benzene rings is 1. The fourth-order valence-electron chi connectivity index (χ4n) is 1.94. The van der Waals surface area contributed by atoms with Gasteiger partial charge in [0.2, 0.25) is 0 Å². The maximum absolute atomic E-state index is 13.1. The lowest BCUT2D eigenvalue weighted by Crippen LogP contribution is -2.43. The second-order valence-corrected chi connectivity index (χ2v) is 3.99. The van der Waals surface area contributed by atoms with Gasteiger partial charge in [-0.25, -0.2) is 4.39 Å². The van der Waals surface area contributed by atoms with Gasteiger partial charge < -0.3 is 5.32 Å². The first-order valence-electron chi connectivity index (χ1n) is 5.46. The number of carbonyl (C=O) groups excluding carboxylic acids is 1.